The zero-order valence-electron chi connectivity index (χ0n) is 10.7. The SMILES string of the molecule is CCC1(CO)CCN(C(=O)C2CCCS2)CC1. The topological polar surface area (TPSA) is 40.5 Å². The van der Waals surface area contributed by atoms with Crippen LogP contribution in [0, 0.1) is 5.41 Å². The van der Waals surface area contributed by atoms with Crippen molar-refractivity contribution in [2.75, 3.05) is 25.4 Å². The first-order chi connectivity index (χ1) is 8.21. The molecular weight excluding hydrogens is 234 g/mol. The fraction of sp³-hybridized carbons (Fsp3) is 0.923. The maximum atomic E-state index is 12.2. The molecule has 2 saturated heterocycles. The summed E-state index contributed by atoms with van der Waals surface area (Å²) in [4.78, 5) is 14.3. The van der Waals surface area contributed by atoms with Gasteiger partial charge >= 0.3 is 0 Å². The summed E-state index contributed by atoms with van der Waals surface area (Å²) in [7, 11) is 0. The Hall–Kier alpha value is -0.220. The Morgan fingerprint density at radius 1 is 1.47 bits per heavy atom. The third-order valence-electron chi connectivity index (χ3n) is 4.43. The van der Waals surface area contributed by atoms with Crippen molar-refractivity contribution in [3.8, 4) is 0 Å². The Balaban J connectivity index is 1.87. The number of carbonyl (C=O) groups excluding carboxylic acids is 1. The molecule has 1 unspecified atom stereocenters. The Morgan fingerprint density at radius 2 is 2.18 bits per heavy atom. The van der Waals surface area contributed by atoms with Crippen LogP contribution in [0.5, 0.6) is 0 Å². The van der Waals surface area contributed by atoms with E-state index in [1.807, 2.05) is 16.7 Å². The minimum Gasteiger partial charge on any atom is -0.396 e. The lowest BCUT2D eigenvalue weighted by Gasteiger charge is -2.40. The van der Waals surface area contributed by atoms with Crippen LogP contribution in [0.25, 0.3) is 0 Å². The number of amides is 1. The largest absolute Gasteiger partial charge is 0.396 e. The van der Waals surface area contributed by atoms with Gasteiger partial charge in [-0.2, -0.15) is 0 Å². The Kier molecular flexibility index (Phi) is 4.36. The number of carbonyl (C=O) groups is 1. The molecule has 4 heteroatoms. The normalized spacial score (nSPS) is 28.4. The molecule has 17 heavy (non-hydrogen) atoms. The Labute approximate surface area is 108 Å². The second kappa shape index (κ2) is 5.61. The van der Waals surface area contributed by atoms with Gasteiger partial charge in [0.25, 0.3) is 0 Å². The average molecular weight is 257 g/mol. The molecule has 2 heterocycles. The van der Waals surface area contributed by atoms with Crippen molar-refractivity contribution in [1.82, 2.24) is 4.90 Å². The van der Waals surface area contributed by atoms with E-state index >= 15 is 0 Å². The van der Waals surface area contributed by atoms with Crippen LogP contribution in [0.1, 0.15) is 39.0 Å². The van der Waals surface area contributed by atoms with E-state index in [9.17, 15) is 9.90 Å². The molecule has 2 fully saturated rings. The van der Waals surface area contributed by atoms with Crippen molar-refractivity contribution < 1.29 is 9.90 Å². The van der Waals surface area contributed by atoms with Crippen LogP contribution in [0.4, 0.5) is 0 Å². The van der Waals surface area contributed by atoms with Crippen LogP contribution in [0.2, 0.25) is 0 Å². The zero-order chi connectivity index (χ0) is 12.3. The van der Waals surface area contributed by atoms with Gasteiger partial charge < -0.3 is 10.0 Å². The third kappa shape index (κ3) is 2.79. The standard InChI is InChI=1S/C13H23NO2S/c1-2-13(10-15)5-7-14(8-6-13)12(16)11-4-3-9-17-11/h11,15H,2-10H2,1H3. The molecule has 1 N–H and O–H groups in total. The molecule has 2 aliphatic rings. The minimum atomic E-state index is 0.0829. The van der Waals surface area contributed by atoms with Gasteiger partial charge in [0.05, 0.1) is 5.25 Å². The molecule has 0 aliphatic carbocycles. The predicted octanol–water partition coefficient (Wildman–Crippen LogP) is 1.89. The Bertz CT molecular complexity index is 263. The van der Waals surface area contributed by atoms with Gasteiger partial charge in [-0.25, -0.2) is 0 Å². The summed E-state index contributed by atoms with van der Waals surface area (Å²) in [6, 6.07) is 0. The number of hydrogen-bond acceptors (Lipinski definition) is 3. The maximum Gasteiger partial charge on any atom is 0.235 e. The third-order valence-corrected chi connectivity index (χ3v) is 5.79. The summed E-state index contributed by atoms with van der Waals surface area (Å²) < 4.78 is 0. The fourth-order valence-electron chi connectivity index (χ4n) is 2.80. The van der Waals surface area contributed by atoms with Crippen LogP contribution in [0.3, 0.4) is 0 Å². The molecule has 0 aromatic heterocycles. The van der Waals surface area contributed by atoms with Crippen molar-refractivity contribution in [3.63, 3.8) is 0 Å². The van der Waals surface area contributed by atoms with Crippen LogP contribution < -0.4 is 0 Å². The highest BCUT2D eigenvalue weighted by Crippen LogP contribution is 2.36. The second-order valence-corrected chi connectivity index (χ2v) is 6.65. The van der Waals surface area contributed by atoms with Gasteiger partial charge in [-0.1, -0.05) is 6.92 Å². The second-order valence-electron chi connectivity index (χ2n) is 5.34. The van der Waals surface area contributed by atoms with Crippen molar-refractivity contribution in [2.45, 2.75) is 44.3 Å². The molecule has 0 bridgehead atoms. The quantitative estimate of drug-likeness (QED) is 0.839. The predicted molar refractivity (Wildman–Crippen MR) is 71.1 cm³/mol. The van der Waals surface area contributed by atoms with E-state index in [1.165, 1.54) is 6.42 Å². The number of rotatable bonds is 3. The maximum absolute atomic E-state index is 12.2. The first kappa shape index (κ1) is 13.2. The van der Waals surface area contributed by atoms with Gasteiger partial charge in [0.1, 0.15) is 0 Å². The van der Waals surface area contributed by atoms with Crippen LogP contribution in [-0.4, -0.2) is 46.6 Å². The van der Waals surface area contributed by atoms with Gasteiger partial charge in [0, 0.05) is 19.7 Å². The van der Waals surface area contributed by atoms with Gasteiger partial charge in [0.2, 0.25) is 5.91 Å². The molecule has 1 atom stereocenters. The zero-order valence-corrected chi connectivity index (χ0v) is 11.5. The number of aliphatic hydroxyl groups is 1. The fourth-order valence-corrected chi connectivity index (χ4v) is 4.04. The molecule has 0 radical (unpaired) electrons. The highest BCUT2D eigenvalue weighted by molar-refractivity contribution is 8.00. The number of hydrogen-bond donors (Lipinski definition) is 1. The lowest BCUT2D eigenvalue weighted by molar-refractivity contribution is -0.133. The summed E-state index contributed by atoms with van der Waals surface area (Å²) >= 11 is 1.81. The van der Waals surface area contributed by atoms with E-state index in [4.69, 9.17) is 0 Å². The van der Waals surface area contributed by atoms with Gasteiger partial charge in [-0.3, -0.25) is 4.79 Å². The van der Waals surface area contributed by atoms with E-state index in [1.54, 1.807) is 0 Å². The van der Waals surface area contributed by atoms with E-state index in [-0.39, 0.29) is 17.3 Å². The molecule has 98 valence electrons. The van der Waals surface area contributed by atoms with E-state index in [2.05, 4.69) is 6.92 Å². The highest BCUT2D eigenvalue weighted by atomic mass is 32.2. The van der Waals surface area contributed by atoms with Gasteiger partial charge in [-0.15, -0.1) is 11.8 Å². The lowest BCUT2D eigenvalue weighted by atomic mass is 9.77. The van der Waals surface area contributed by atoms with Gasteiger partial charge in [0.15, 0.2) is 0 Å². The Morgan fingerprint density at radius 3 is 2.65 bits per heavy atom. The minimum absolute atomic E-state index is 0.0829. The monoisotopic (exact) mass is 257 g/mol. The lowest BCUT2D eigenvalue weighted by Crippen LogP contribution is -2.46. The van der Waals surface area contributed by atoms with E-state index in [0.29, 0.717) is 5.91 Å². The number of nitrogens with zero attached hydrogens (tertiary/aromatic N) is 1. The average Bonchev–Trinajstić information content (AvgIpc) is 2.92. The van der Waals surface area contributed by atoms with Crippen molar-refractivity contribution in [3.05, 3.63) is 0 Å². The molecule has 2 rings (SSSR count). The molecular formula is C13H23NO2S. The van der Waals surface area contributed by atoms with Gasteiger partial charge in [-0.05, 0) is 43.3 Å². The van der Waals surface area contributed by atoms with Crippen molar-refractivity contribution >= 4 is 17.7 Å². The molecule has 1 amide bonds. The molecule has 2 aliphatic heterocycles. The molecule has 3 nitrogen and oxygen atoms in total. The van der Waals surface area contributed by atoms with Crippen molar-refractivity contribution in [1.29, 1.82) is 0 Å². The van der Waals surface area contributed by atoms with Crippen LogP contribution in [-0.2, 0) is 4.79 Å². The highest BCUT2D eigenvalue weighted by Gasteiger charge is 2.36. The van der Waals surface area contributed by atoms with E-state index < -0.39 is 0 Å². The number of thioether (sulfide) groups is 1. The van der Waals surface area contributed by atoms with Crippen molar-refractivity contribution in [2.24, 2.45) is 5.41 Å². The number of likely N-dealkylation sites (tertiary alicyclic amines) is 1. The number of aliphatic hydroxyl groups excluding tert-OH is 1. The summed E-state index contributed by atoms with van der Waals surface area (Å²) in [5.41, 5.74) is 0.0829. The number of piperidine rings is 1. The molecule has 0 spiro atoms. The van der Waals surface area contributed by atoms with Crippen LogP contribution in [0.15, 0.2) is 0 Å². The van der Waals surface area contributed by atoms with Crippen LogP contribution >= 0.6 is 11.8 Å². The molecule has 0 aromatic carbocycles. The first-order valence-corrected chi connectivity index (χ1v) is 7.77. The summed E-state index contributed by atoms with van der Waals surface area (Å²) in [5, 5.41) is 9.69. The summed E-state index contributed by atoms with van der Waals surface area (Å²) in [6.45, 7) is 4.08. The smallest absolute Gasteiger partial charge is 0.235 e. The first-order valence-electron chi connectivity index (χ1n) is 6.72. The molecule has 0 saturated carbocycles. The molecule has 0 aromatic rings. The van der Waals surface area contributed by atoms with E-state index in [0.717, 1.165) is 44.5 Å². The summed E-state index contributed by atoms with van der Waals surface area (Å²) in [6.07, 6.45) is 5.18. The summed E-state index contributed by atoms with van der Waals surface area (Å²) in [5.74, 6) is 1.48.